The highest BCUT2D eigenvalue weighted by Crippen LogP contribution is 2.05. The van der Waals surface area contributed by atoms with E-state index in [1.165, 1.54) is 0 Å². The summed E-state index contributed by atoms with van der Waals surface area (Å²) in [5.41, 5.74) is 1.75. The van der Waals surface area contributed by atoms with Gasteiger partial charge in [-0.15, -0.1) is 24.0 Å². The summed E-state index contributed by atoms with van der Waals surface area (Å²) in [5, 5.41) is 6.30. The number of amides is 1. The molecule has 26 heavy (non-hydrogen) atoms. The Bertz CT molecular complexity index is 563. The molecular formula is C19H34IN5O. The van der Waals surface area contributed by atoms with E-state index in [1.54, 1.807) is 7.05 Å². The number of unbranched alkanes of at least 4 members (excludes halogenated alkanes) is 1. The number of aliphatic imine (C=N–C) groups is 1. The molecule has 1 amide bonds. The van der Waals surface area contributed by atoms with Crippen LogP contribution < -0.4 is 10.6 Å². The van der Waals surface area contributed by atoms with Crippen molar-refractivity contribution in [3.05, 3.63) is 35.4 Å². The molecule has 0 bridgehead atoms. The Morgan fingerprint density at radius 2 is 1.88 bits per heavy atom. The molecule has 0 unspecified atom stereocenters. The highest BCUT2D eigenvalue weighted by Gasteiger charge is 2.08. The van der Waals surface area contributed by atoms with Gasteiger partial charge in [-0.05, 0) is 38.2 Å². The molecule has 0 radical (unpaired) electrons. The van der Waals surface area contributed by atoms with Crippen molar-refractivity contribution < 1.29 is 4.79 Å². The highest BCUT2D eigenvalue weighted by molar-refractivity contribution is 14.0. The Kier molecular flexibility index (Phi) is 13.1. The maximum atomic E-state index is 12.2. The van der Waals surface area contributed by atoms with Gasteiger partial charge in [-0.3, -0.25) is 9.79 Å². The van der Waals surface area contributed by atoms with Gasteiger partial charge in [0.1, 0.15) is 0 Å². The first-order valence-electron chi connectivity index (χ1n) is 8.91. The van der Waals surface area contributed by atoms with Gasteiger partial charge in [-0.2, -0.15) is 0 Å². The van der Waals surface area contributed by atoms with E-state index in [0.717, 1.165) is 37.5 Å². The fraction of sp³-hybridized carbons (Fsp3) is 0.579. The molecular weight excluding hydrogens is 441 g/mol. The van der Waals surface area contributed by atoms with E-state index in [-0.39, 0.29) is 29.9 Å². The van der Waals surface area contributed by atoms with E-state index >= 15 is 0 Å². The Hall–Kier alpha value is -1.35. The third-order valence-corrected chi connectivity index (χ3v) is 3.90. The van der Waals surface area contributed by atoms with Crippen LogP contribution >= 0.6 is 24.0 Å². The molecule has 1 rings (SSSR count). The number of nitrogens with zero attached hydrogens (tertiary/aromatic N) is 3. The molecule has 2 N–H and O–H groups in total. The van der Waals surface area contributed by atoms with Gasteiger partial charge in [-0.25, -0.2) is 0 Å². The highest BCUT2D eigenvalue weighted by atomic mass is 127. The van der Waals surface area contributed by atoms with Gasteiger partial charge < -0.3 is 20.4 Å². The number of halogens is 1. The molecule has 1 aromatic carbocycles. The lowest BCUT2D eigenvalue weighted by Gasteiger charge is -2.22. The molecule has 0 spiro atoms. The van der Waals surface area contributed by atoms with Gasteiger partial charge in [0, 0.05) is 45.8 Å². The van der Waals surface area contributed by atoms with Crippen molar-refractivity contribution in [2.75, 3.05) is 47.8 Å². The molecule has 0 saturated carbocycles. The quantitative estimate of drug-likeness (QED) is 0.327. The summed E-state index contributed by atoms with van der Waals surface area (Å²) >= 11 is 0. The molecule has 0 aliphatic carbocycles. The molecule has 0 heterocycles. The van der Waals surface area contributed by atoms with E-state index in [4.69, 9.17) is 0 Å². The number of hydrogen-bond acceptors (Lipinski definition) is 3. The topological polar surface area (TPSA) is 60.0 Å². The molecule has 0 fully saturated rings. The molecule has 0 aliphatic heterocycles. The predicted molar refractivity (Wildman–Crippen MR) is 120 cm³/mol. The van der Waals surface area contributed by atoms with E-state index in [2.05, 4.69) is 27.4 Å². The van der Waals surface area contributed by atoms with Gasteiger partial charge >= 0.3 is 0 Å². The van der Waals surface area contributed by atoms with Crippen LogP contribution in [0, 0.1) is 0 Å². The number of benzene rings is 1. The van der Waals surface area contributed by atoms with Gasteiger partial charge in [0.15, 0.2) is 5.96 Å². The van der Waals surface area contributed by atoms with E-state index < -0.39 is 0 Å². The van der Waals surface area contributed by atoms with Crippen LogP contribution in [0.15, 0.2) is 29.3 Å². The summed E-state index contributed by atoms with van der Waals surface area (Å²) in [4.78, 5) is 20.7. The van der Waals surface area contributed by atoms with E-state index in [0.29, 0.717) is 18.7 Å². The lowest BCUT2D eigenvalue weighted by Crippen LogP contribution is -2.39. The number of carbonyl (C=O) groups is 1. The average Bonchev–Trinajstić information content (AvgIpc) is 2.60. The molecule has 0 aromatic heterocycles. The van der Waals surface area contributed by atoms with Crippen molar-refractivity contribution in [1.29, 1.82) is 0 Å². The number of rotatable bonds is 9. The zero-order chi connectivity index (χ0) is 18.7. The van der Waals surface area contributed by atoms with Gasteiger partial charge in [-0.1, -0.05) is 25.5 Å². The lowest BCUT2D eigenvalue weighted by atomic mass is 10.1. The minimum Gasteiger partial charge on any atom is -0.352 e. The predicted octanol–water partition coefficient (Wildman–Crippen LogP) is 2.40. The third-order valence-electron chi connectivity index (χ3n) is 3.90. The van der Waals surface area contributed by atoms with Crippen LogP contribution in [0.2, 0.25) is 0 Å². The van der Waals surface area contributed by atoms with Gasteiger partial charge in [0.25, 0.3) is 5.91 Å². The third kappa shape index (κ3) is 9.38. The first-order chi connectivity index (χ1) is 12.0. The second-order valence-electron chi connectivity index (χ2n) is 6.44. The summed E-state index contributed by atoms with van der Waals surface area (Å²) < 4.78 is 0. The average molecular weight is 475 g/mol. The largest absolute Gasteiger partial charge is 0.352 e. The second kappa shape index (κ2) is 13.8. The number of carbonyl (C=O) groups excluding carboxylic acids is 1. The summed E-state index contributed by atoms with van der Waals surface area (Å²) in [6, 6.07) is 7.71. The standard InChI is InChI=1S/C19H33N5O.HI/c1-6-7-12-24(5)19(20-2)22-15-16-9-8-10-17(14-16)18(25)21-11-13-23(3)4;/h8-10,14H,6-7,11-13,15H2,1-5H3,(H,20,22)(H,21,25);1H. The minimum atomic E-state index is -0.0341. The smallest absolute Gasteiger partial charge is 0.251 e. The maximum Gasteiger partial charge on any atom is 0.251 e. The fourth-order valence-corrected chi connectivity index (χ4v) is 2.38. The number of guanidine groups is 1. The summed E-state index contributed by atoms with van der Waals surface area (Å²) in [6.07, 6.45) is 2.30. The van der Waals surface area contributed by atoms with Crippen molar-refractivity contribution in [1.82, 2.24) is 20.4 Å². The molecule has 7 heteroatoms. The minimum absolute atomic E-state index is 0. The van der Waals surface area contributed by atoms with Crippen molar-refractivity contribution >= 4 is 35.8 Å². The van der Waals surface area contributed by atoms with Gasteiger partial charge in [0.2, 0.25) is 0 Å². The Morgan fingerprint density at radius 3 is 2.50 bits per heavy atom. The molecule has 0 saturated heterocycles. The Labute approximate surface area is 175 Å². The second-order valence-corrected chi connectivity index (χ2v) is 6.44. The number of likely N-dealkylation sites (N-methyl/N-ethyl adjacent to an activating group) is 1. The van der Waals surface area contributed by atoms with Crippen LogP contribution in [0.25, 0.3) is 0 Å². The molecule has 0 atom stereocenters. The number of nitrogens with one attached hydrogen (secondary N) is 2. The molecule has 0 aliphatic rings. The first kappa shape index (κ1) is 24.7. The number of hydrogen-bond donors (Lipinski definition) is 2. The molecule has 6 nitrogen and oxygen atoms in total. The molecule has 148 valence electrons. The van der Waals surface area contributed by atoms with Crippen LogP contribution in [-0.2, 0) is 6.54 Å². The van der Waals surface area contributed by atoms with Crippen molar-refractivity contribution in [3.63, 3.8) is 0 Å². The van der Waals surface area contributed by atoms with E-state index in [1.807, 2.05) is 50.3 Å². The van der Waals surface area contributed by atoms with E-state index in [9.17, 15) is 4.79 Å². The zero-order valence-electron chi connectivity index (χ0n) is 16.7. The monoisotopic (exact) mass is 475 g/mol. The SMILES string of the molecule is CCCCN(C)C(=NC)NCc1cccc(C(=O)NCCN(C)C)c1.I. The van der Waals surface area contributed by atoms with Crippen molar-refractivity contribution in [3.8, 4) is 0 Å². The summed E-state index contributed by atoms with van der Waals surface area (Å²) in [6.45, 7) is 5.27. The van der Waals surface area contributed by atoms with Crippen LogP contribution in [0.3, 0.4) is 0 Å². The van der Waals surface area contributed by atoms with Gasteiger partial charge in [0.05, 0.1) is 0 Å². The fourth-order valence-electron chi connectivity index (χ4n) is 2.38. The lowest BCUT2D eigenvalue weighted by molar-refractivity contribution is 0.0951. The molecule has 1 aromatic rings. The first-order valence-corrected chi connectivity index (χ1v) is 8.91. The van der Waals surface area contributed by atoms with Crippen molar-refractivity contribution in [2.45, 2.75) is 26.3 Å². The Morgan fingerprint density at radius 1 is 1.15 bits per heavy atom. The summed E-state index contributed by atoms with van der Waals surface area (Å²) in [5.74, 6) is 0.836. The van der Waals surface area contributed by atoms with Crippen molar-refractivity contribution in [2.24, 2.45) is 4.99 Å². The summed E-state index contributed by atoms with van der Waals surface area (Å²) in [7, 11) is 7.81. The van der Waals surface area contributed by atoms with Crippen LogP contribution in [0.1, 0.15) is 35.7 Å². The van der Waals surface area contributed by atoms with Crippen LogP contribution in [-0.4, -0.2) is 69.5 Å². The van der Waals surface area contributed by atoms with Crippen LogP contribution in [0.4, 0.5) is 0 Å². The van der Waals surface area contributed by atoms with Crippen LogP contribution in [0.5, 0.6) is 0 Å². The normalized spacial score (nSPS) is 11.1. The Balaban J connectivity index is 0.00000625. The maximum absolute atomic E-state index is 12.2. The zero-order valence-corrected chi connectivity index (χ0v) is 19.0.